The Bertz CT molecular complexity index is 385. The Labute approximate surface area is 82.7 Å². The zero-order valence-corrected chi connectivity index (χ0v) is 8.29. The quantitative estimate of drug-likeness (QED) is 0.677. The standard InChI is InChI=1S/C10H15N3O/c1-13-3-2-7(6-13)8-4-9(11)10(14)12-5-8/h4-5,7H,2-3,6,11H2,1H3,(H,12,14). The first kappa shape index (κ1) is 9.27. The van der Waals surface area contributed by atoms with Gasteiger partial charge in [-0.2, -0.15) is 0 Å². The van der Waals surface area contributed by atoms with Gasteiger partial charge in [-0.15, -0.1) is 0 Å². The van der Waals surface area contributed by atoms with Crippen LogP contribution >= 0.6 is 0 Å². The third kappa shape index (κ3) is 1.65. The van der Waals surface area contributed by atoms with Gasteiger partial charge in [-0.1, -0.05) is 0 Å². The molecule has 1 unspecified atom stereocenters. The monoisotopic (exact) mass is 193 g/mol. The normalized spacial score (nSPS) is 22.8. The van der Waals surface area contributed by atoms with Crippen molar-refractivity contribution in [1.29, 1.82) is 0 Å². The molecule has 0 bridgehead atoms. The summed E-state index contributed by atoms with van der Waals surface area (Å²) in [5, 5.41) is 0. The molecule has 1 atom stereocenters. The molecule has 1 saturated heterocycles. The molecule has 4 heteroatoms. The summed E-state index contributed by atoms with van der Waals surface area (Å²) < 4.78 is 0. The molecule has 1 aliphatic heterocycles. The van der Waals surface area contributed by atoms with Crippen molar-refractivity contribution in [3.05, 3.63) is 28.2 Å². The van der Waals surface area contributed by atoms with E-state index in [1.807, 2.05) is 0 Å². The smallest absolute Gasteiger partial charge is 0.271 e. The second-order valence-electron chi connectivity index (χ2n) is 3.97. The van der Waals surface area contributed by atoms with Gasteiger partial charge in [0.1, 0.15) is 0 Å². The highest BCUT2D eigenvalue weighted by molar-refractivity contribution is 5.38. The van der Waals surface area contributed by atoms with Crippen LogP contribution in [0.4, 0.5) is 5.69 Å². The van der Waals surface area contributed by atoms with Crippen LogP contribution in [-0.4, -0.2) is 30.0 Å². The lowest BCUT2D eigenvalue weighted by atomic mass is 10.0. The summed E-state index contributed by atoms with van der Waals surface area (Å²) in [5.74, 6) is 0.513. The molecular formula is C10H15N3O. The molecule has 14 heavy (non-hydrogen) atoms. The molecule has 0 aromatic carbocycles. The zero-order chi connectivity index (χ0) is 10.1. The second kappa shape index (κ2) is 3.46. The Balaban J connectivity index is 2.25. The molecule has 0 spiro atoms. The Morgan fingerprint density at radius 3 is 3.00 bits per heavy atom. The fraction of sp³-hybridized carbons (Fsp3) is 0.500. The van der Waals surface area contributed by atoms with Crippen molar-refractivity contribution in [3.8, 4) is 0 Å². The van der Waals surface area contributed by atoms with Crippen LogP contribution in [0.1, 0.15) is 17.9 Å². The Hall–Kier alpha value is -1.29. The predicted octanol–water partition coefficient (Wildman–Crippen LogP) is 0.376. The first-order chi connectivity index (χ1) is 6.66. The van der Waals surface area contributed by atoms with E-state index in [4.69, 9.17) is 5.73 Å². The van der Waals surface area contributed by atoms with Gasteiger partial charge in [-0.3, -0.25) is 4.79 Å². The number of nitrogens with two attached hydrogens (primary N) is 1. The van der Waals surface area contributed by atoms with E-state index < -0.39 is 0 Å². The molecule has 3 N–H and O–H groups in total. The van der Waals surface area contributed by atoms with Crippen molar-refractivity contribution in [3.63, 3.8) is 0 Å². The molecule has 1 aromatic rings. The molecule has 2 rings (SSSR count). The van der Waals surface area contributed by atoms with Gasteiger partial charge in [0.2, 0.25) is 0 Å². The number of nitrogen functional groups attached to an aromatic ring is 1. The van der Waals surface area contributed by atoms with Crippen molar-refractivity contribution >= 4 is 5.69 Å². The number of nitrogens with zero attached hydrogens (tertiary/aromatic N) is 1. The summed E-state index contributed by atoms with van der Waals surface area (Å²) in [6, 6.07) is 1.79. The van der Waals surface area contributed by atoms with Gasteiger partial charge in [0, 0.05) is 12.7 Å². The molecule has 2 heterocycles. The van der Waals surface area contributed by atoms with Gasteiger partial charge in [0.15, 0.2) is 0 Å². The number of hydrogen-bond donors (Lipinski definition) is 2. The molecule has 1 aliphatic rings. The topological polar surface area (TPSA) is 62.1 Å². The van der Waals surface area contributed by atoms with Crippen LogP contribution in [0.15, 0.2) is 17.1 Å². The van der Waals surface area contributed by atoms with Gasteiger partial charge in [-0.05, 0) is 37.6 Å². The average molecular weight is 193 g/mol. The van der Waals surface area contributed by atoms with E-state index in [1.165, 1.54) is 0 Å². The largest absolute Gasteiger partial charge is 0.394 e. The van der Waals surface area contributed by atoms with E-state index in [0.717, 1.165) is 25.1 Å². The van der Waals surface area contributed by atoms with Gasteiger partial charge in [0.05, 0.1) is 5.69 Å². The molecule has 1 fully saturated rings. The van der Waals surface area contributed by atoms with E-state index in [-0.39, 0.29) is 5.56 Å². The highest BCUT2D eigenvalue weighted by Crippen LogP contribution is 2.25. The SMILES string of the molecule is CN1CCC(c2c[nH]c(=O)c(N)c2)C1. The maximum Gasteiger partial charge on any atom is 0.271 e. The highest BCUT2D eigenvalue weighted by atomic mass is 16.1. The van der Waals surface area contributed by atoms with Gasteiger partial charge in [-0.25, -0.2) is 0 Å². The lowest BCUT2D eigenvalue weighted by molar-refractivity contribution is 0.411. The van der Waals surface area contributed by atoms with Gasteiger partial charge in [0.25, 0.3) is 5.56 Å². The molecule has 4 nitrogen and oxygen atoms in total. The zero-order valence-electron chi connectivity index (χ0n) is 8.29. The number of aromatic amines is 1. The third-order valence-corrected chi connectivity index (χ3v) is 2.82. The van der Waals surface area contributed by atoms with Crippen molar-refractivity contribution in [2.45, 2.75) is 12.3 Å². The van der Waals surface area contributed by atoms with Crippen molar-refractivity contribution in [2.75, 3.05) is 25.9 Å². The molecule has 0 saturated carbocycles. The van der Waals surface area contributed by atoms with Crippen LogP contribution in [0.2, 0.25) is 0 Å². The molecule has 0 radical (unpaired) electrons. The Kier molecular flexibility index (Phi) is 2.29. The van der Waals surface area contributed by atoms with Crippen LogP contribution in [0.3, 0.4) is 0 Å². The molecular weight excluding hydrogens is 178 g/mol. The summed E-state index contributed by atoms with van der Waals surface area (Å²) >= 11 is 0. The van der Waals surface area contributed by atoms with Crippen LogP contribution in [0.5, 0.6) is 0 Å². The number of nitrogens with one attached hydrogen (secondary N) is 1. The fourth-order valence-electron chi connectivity index (χ4n) is 1.96. The van der Waals surface area contributed by atoms with E-state index in [2.05, 4.69) is 16.9 Å². The number of rotatable bonds is 1. The minimum absolute atomic E-state index is 0.194. The number of aromatic nitrogens is 1. The number of likely N-dealkylation sites (tertiary alicyclic amines) is 1. The number of likely N-dealkylation sites (N-methyl/N-ethyl adjacent to an activating group) is 1. The summed E-state index contributed by atoms with van der Waals surface area (Å²) in [6.45, 7) is 2.16. The molecule has 76 valence electrons. The van der Waals surface area contributed by atoms with E-state index in [9.17, 15) is 4.79 Å². The first-order valence-electron chi connectivity index (χ1n) is 4.83. The van der Waals surface area contributed by atoms with Gasteiger partial charge >= 0.3 is 0 Å². The predicted molar refractivity (Wildman–Crippen MR) is 56.3 cm³/mol. The summed E-state index contributed by atoms with van der Waals surface area (Å²) in [5.41, 5.74) is 6.83. The van der Waals surface area contributed by atoms with E-state index >= 15 is 0 Å². The fourth-order valence-corrected chi connectivity index (χ4v) is 1.96. The first-order valence-corrected chi connectivity index (χ1v) is 4.83. The maximum atomic E-state index is 11.1. The number of anilines is 1. The van der Waals surface area contributed by atoms with Crippen LogP contribution in [0, 0.1) is 0 Å². The highest BCUT2D eigenvalue weighted by Gasteiger charge is 2.21. The van der Waals surface area contributed by atoms with Crippen molar-refractivity contribution < 1.29 is 0 Å². The van der Waals surface area contributed by atoms with Crippen LogP contribution in [-0.2, 0) is 0 Å². The lowest BCUT2D eigenvalue weighted by Crippen LogP contribution is -2.15. The van der Waals surface area contributed by atoms with Crippen LogP contribution in [0.25, 0.3) is 0 Å². The summed E-state index contributed by atoms with van der Waals surface area (Å²) in [6.07, 6.45) is 2.92. The summed E-state index contributed by atoms with van der Waals surface area (Å²) in [7, 11) is 2.11. The molecule has 0 amide bonds. The minimum Gasteiger partial charge on any atom is -0.394 e. The second-order valence-corrected chi connectivity index (χ2v) is 3.97. The summed E-state index contributed by atoms with van der Waals surface area (Å²) in [4.78, 5) is 16.0. The van der Waals surface area contributed by atoms with Gasteiger partial charge < -0.3 is 15.6 Å². The lowest BCUT2D eigenvalue weighted by Gasteiger charge is -2.10. The maximum absolute atomic E-state index is 11.1. The minimum atomic E-state index is -0.194. The van der Waals surface area contributed by atoms with Crippen molar-refractivity contribution in [1.82, 2.24) is 9.88 Å². The Morgan fingerprint density at radius 2 is 2.43 bits per heavy atom. The number of hydrogen-bond acceptors (Lipinski definition) is 3. The molecule has 0 aliphatic carbocycles. The number of H-pyrrole nitrogens is 1. The Morgan fingerprint density at radius 1 is 1.64 bits per heavy atom. The van der Waals surface area contributed by atoms with E-state index in [1.54, 1.807) is 12.3 Å². The van der Waals surface area contributed by atoms with E-state index in [0.29, 0.717) is 11.6 Å². The number of pyridine rings is 1. The average Bonchev–Trinajstić information content (AvgIpc) is 2.57. The van der Waals surface area contributed by atoms with Crippen LogP contribution < -0.4 is 11.3 Å². The van der Waals surface area contributed by atoms with Crippen molar-refractivity contribution in [2.24, 2.45) is 0 Å². The molecule has 1 aromatic heterocycles. The third-order valence-electron chi connectivity index (χ3n) is 2.82.